The van der Waals surface area contributed by atoms with Crippen LogP contribution in [0.3, 0.4) is 0 Å². The smallest absolute Gasteiger partial charge is 0.00178 e. The Morgan fingerprint density at radius 3 is 2.86 bits per heavy atom. The molecule has 2 atom stereocenters. The third kappa shape index (κ3) is 0.556. The van der Waals surface area contributed by atoms with E-state index >= 15 is 0 Å². The van der Waals surface area contributed by atoms with Gasteiger partial charge in [-0.15, -0.1) is 0 Å². The van der Waals surface area contributed by atoms with E-state index in [0.29, 0.717) is 0 Å². The van der Waals surface area contributed by atoms with Crippen molar-refractivity contribution in [3.63, 3.8) is 0 Å². The predicted octanol–water partition coefficient (Wildman–Crippen LogP) is 0.616. The molecule has 1 saturated carbocycles. The fourth-order valence-corrected chi connectivity index (χ4v) is 1.49. The highest BCUT2D eigenvalue weighted by Gasteiger charge is 2.38. The predicted molar refractivity (Wildman–Crippen MR) is 29.1 cm³/mol. The standard InChI is InChI=1S/C6H11N/c1-2-7-4-6-3-5(1)6/h5-7H,1-4H2/t5-,6+/m1/s1. The quantitative estimate of drug-likeness (QED) is 0.467. The molecule has 1 heterocycles. The molecule has 2 rings (SSSR count). The van der Waals surface area contributed by atoms with Gasteiger partial charge in [0.2, 0.25) is 0 Å². The molecule has 1 aliphatic carbocycles. The van der Waals surface area contributed by atoms with Crippen LogP contribution in [-0.4, -0.2) is 13.1 Å². The molecule has 0 unspecified atom stereocenters. The van der Waals surface area contributed by atoms with Crippen LogP contribution in [0.1, 0.15) is 12.8 Å². The number of rotatable bonds is 0. The Hall–Kier alpha value is -0.0400. The van der Waals surface area contributed by atoms with Crippen molar-refractivity contribution >= 4 is 0 Å². The zero-order valence-corrected chi connectivity index (χ0v) is 4.48. The van der Waals surface area contributed by atoms with E-state index in [1.807, 2.05) is 0 Å². The van der Waals surface area contributed by atoms with Gasteiger partial charge in [0.1, 0.15) is 0 Å². The zero-order valence-electron chi connectivity index (χ0n) is 4.48. The first-order valence-electron chi connectivity index (χ1n) is 3.17. The molecular weight excluding hydrogens is 86.1 g/mol. The normalized spacial score (nSPS) is 48.0. The van der Waals surface area contributed by atoms with E-state index in [-0.39, 0.29) is 0 Å². The highest BCUT2D eigenvalue weighted by Crippen LogP contribution is 2.42. The summed E-state index contributed by atoms with van der Waals surface area (Å²) in [6, 6.07) is 0. The summed E-state index contributed by atoms with van der Waals surface area (Å²) in [6.45, 7) is 2.59. The average Bonchev–Trinajstić information content (AvgIpc) is 2.41. The van der Waals surface area contributed by atoms with Crippen LogP contribution < -0.4 is 5.32 Å². The van der Waals surface area contributed by atoms with Crippen molar-refractivity contribution < 1.29 is 0 Å². The average molecular weight is 97.2 g/mol. The number of fused-ring (bicyclic) bond motifs is 1. The van der Waals surface area contributed by atoms with Crippen molar-refractivity contribution in [1.82, 2.24) is 5.32 Å². The first-order chi connectivity index (χ1) is 3.47. The fourth-order valence-electron chi connectivity index (χ4n) is 1.49. The molecule has 1 nitrogen and oxygen atoms in total. The molecule has 1 heteroatoms. The Morgan fingerprint density at radius 1 is 1.29 bits per heavy atom. The molecule has 1 saturated heterocycles. The van der Waals surface area contributed by atoms with Crippen molar-refractivity contribution in [3.8, 4) is 0 Å². The van der Waals surface area contributed by atoms with Crippen LogP contribution in [0, 0.1) is 11.8 Å². The van der Waals surface area contributed by atoms with Crippen LogP contribution in [0.2, 0.25) is 0 Å². The molecule has 2 aliphatic rings. The van der Waals surface area contributed by atoms with Crippen LogP contribution >= 0.6 is 0 Å². The molecular formula is C6H11N. The van der Waals surface area contributed by atoms with Gasteiger partial charge in [-0.25, -0.2) is 0 Å². The minimum atomic E-state index is 1.09. The van der Waals surface area contributed by atoms with Gasteiger partial charge in [-0.05, 0) is 37.8 Å². The molecule has 1 aliphatic heterocycles. The summed E-state index contributed by atoms with van der Waals surface area (Å²) in [5.41, 5.74) is 0. The summed E-state index contributed by atoms with van der Waals surface area (Å²) < 4.78 is 0. The minimum absolute atomic E-state index is 1.09. The largest absolute Gasteiger partial charge is 0.316 e. The first kappa shape index (κ1) is 3.90. The van der Waals surface area contributed by atoms with Crippen LogP contribution in [0.25, 0.3) is 0 Å². The summed E-state index contributed by atoms with van der Waals surface area (Å²) in [7, 11) is 0. The lowest BCUT2D eigenvalue weighted by Crippen LogP contribution is -2.23. The van der Waals surface area contributed by atoms with Gasteiger partial charge in [0, 0.05) is 0 Å². The highest BCUT2D eigenvalue weighted by atomic mass is 14.9. The van der Waals surface area contributed by atoms with E-state index < -0.39 is 0 Å². The SMILES string of the molecule is C1C[C@@H]2C[C@H]2CN1. The summed E-state index contributed by atoms with van der Waals surface area (Å²) in [5.74, 6) is 2.23. The molecule has 0 radical (unpaired) electrons. The molecule has 0 aromatic rings. The van der Waals surface area contributed by atoms with E-state index in [1.54, 1.807) is 0 Å². The lowest BCUT2D eigenvalue weighted by atomic mass is 10.2. The zero-order chi connectivity index (χ0) is 4.69. The van der Waals surface area contributed by atoms with Gasteiger partial charge >= 0.3 is 0 Å². The number of hydrogen-bond acceptors (Lipinski definition) is 1. The molecule has 0 bridgehead atoms. The lowest BCUT2D eigenvalue weighted by Gasteiger charge is -2.08. The van der Waals surface area contributed by atoms with Crippen molar-refractivity contribution in [2.45, 2.75) is 12.8 Å². The summed E-state index contributed by atoms with van der Waals surface area (Å²) in [6.07, 6.45) is 2.97. The Kier molecular flexibility index (Phi) is 0.680. The lowest BCUT2D eigenvalue weighted by molar-refractivity contribution is 0.497. The maximum absolute atomic E-state index is 3.38. The second-order valence-corrected chi connectivity index (χ2v) is 2.75. The van der Waals surface area contributed by atoms with Gasteiger partial charge in [-0.2, -0.15) is 0 Å². The number of nitrogens with one attached hydrogen (secondary N) is 1. The van der Waals surface area contributed by atoms with E-state index in [0.717, 1.165) is 11.8 Å². The maximum Gasteiger partial charge on any atom is -0.00178 e. The van der Waals surface area contributed by atoms with Gasteiger partial charge in [-0.3, -0.25) is 0 Å². The Labute approximate surface area is 44.1 Å². The van der Waals surface area contributed by atoms with E-state index in [4.69, 9.17) is 0 Å². The summed E-state index contributed by atoms with van der Waals surface area (Å²) >= 11 is 0. The third-order valence-electron chi connectivity index (χ3n) is 2.17. The van der Waals surface area contributed by atoms with Gasteiger partial charge in [0.15, 0.2) is 0 Å². The van der Waals surface area contributed by atoms with Crippen molar-refractivity contribution in [2.75, 3.05) is 13.1 Å². The molecule has 0 amide bonds. The van der Waals surface area contributed by atoms with Gasteiger partial charge < -0.3 is 5.32 Å². The molecule has 0 spiro atoms. The van der Waals surface area contributed by atoms with E-state index in [9.17, 15) is 0 Å². The molecule has 40 valence electrons. The maximum atomic E-state index is 3.38. The Bertz CT molecular complexity index is 70.2. The number of hydrogen-bond donors (Lipinski definition) is 1. The molecule has 2 fully saturated rings. The van der Waals surface area contributed by atoms with Gasteiger partial charge in [0.05, 0.1) is 0 Å². The van der Waals surface area contributed by atoms with Crippen molar-refractivity contribution in [1.29, 1.82) is 0 Å². The minimum Gasteiger partial charge on any atom is -0.316 e. The fraction of sp³-hybridized carbons (Fsp3) is 1.00. The Morgan fingerprint density at radius 2 is 2.29 bits per heavy atom. The van der Waals surface area contributed by atoms with E-state index in [2.05, 4.69) is 5.32 Å². The molecule has 0 aromatic heterocycles. The summed E-state index contributed by atoms with van der Waals surface area (Å²) in [4.78, 5) is 0. The van der Waals surface area contributed by atoms with Crippen molar-refractivity contribution in [3.05, 3.63) is 0 Å². The second-order valence-electron chi connectivity index (χ2n) is 2.75. The number of piperidine rings is 1. The summed E-state index contributed by atoms with van der Waals surface area (Å²) in [5, 5.41) is 3.38. The van der Waals surface area contributed by atoms with Gasteiger partial charge in [0.25, 0.3) is 0 Å². The Balaban J connectivity index is 1.95. The van der Waals surface area contributed by atoms with Crippen LogP contribution in [0.15, 0.2) is 0 Å². The van der Waals surface area contributed by atoms with Crippen LogP contribution in [-0.2, 0) is 0 Å². The van der Waals surface area contributed by atoms with Crippen LogP contribution in [0.5, 0.6) is 0 Å². The van der Waals surface area contributed by atoms with Crippen molar-refractivity contribution in [2.24, 2.45) is 11.8 Å². The monoisotopic (exact) mass is 97.1 g/mol. The van der Waals surface area contributed by atoms with Crippen LogP contribution in [0.4, 0.5) is 0 Å². The third-order valence-corrected chi connectivity index (χ3v) is 2.17. The highest BCUT2D eigenvalue weighted by molar-refractivity contribution is 4.91. The molecule has 7 heavy (non-hydrogen) atoms. The van der Waals surface area contributed by atoms with E-state index in [1.165, 1.54) is 25.9 Å². The topological polar surface area (TPSA) is 12.0 Å². The van der Waals surface area contributed by atoms with Gasteiger partial charge in [-0.1, -0.05) is 0 Å². The molecule has 0 aromatic carbocycles. The first-order valence-corrected chi connectivity index (χ1v) is 3.17. The second kappa shape index (κ2) is 1.22. The molecule has 1 N–H and O–H groups in total.